The molecule has 0 saturated carbocycles. The van der Waals surface area contributed by atoms with Gasteiger partial charge in [-0.25, -0.2) is 18.4 Å². The van der Waals surface area contributed by atoms with Gasteiger partial charge in [0.25, 0.3) is 0 Å². The Labute approximate surface area is 142 Å². The van der Waals surface area contributed by atoms with E-state index in [1.54, 1.807) is 0 Å². The number of hydrogen-bond donors (Lipinski definition) is 1. The Morgan fingerprint density at radius 1 is 1.21 bits per heavy atom. The number of nitrogens with one attached hydrogen (secondary N) is 1. The Kier molecular flexibility index (Phi) is 4.45. The van der Waals surface area contributed by atoms with Crippen molar-refractivity contribution in [3.8, 4) is 0 Å². The van der Waals surface area contributed by atoms with Gasteiger partial charge in [0.15, 0.2) is 9.84 Å². The molecular formula is C17H22N4O2S. The maximum atomic E-state index is 11.7. The Morgan fingerprint density at radius 2 is 1.92 bits per heavy atom. The molecule has 1 N–H and O–H groups in total. The van der Waals surface area contributed by atoms with Gasteiger partial charge < -0.3 is 10.2 Å². The second-order valence-corrected chi connectivity index (χ2v) is 8.55. The number of anilines is 3. The zero-order chi connectivity index (χ0) is 17.3. The first-order chi connectivity index (χ1) is 11.4. The highest BCUT2D eigenvalue weighted by Gasteiger charge is 2.31. The molecule has 1 saturated heterocycles. The minimum atomic E-state index is -2.92. The summed E-state index contributed by atoms with van der Waals surface area (Å²) in [6.07, 6.45) is 2.15. The molecule has 1 fully saturated rings. The van der Waals surface area contributed by atoms with E-state index in [4.69, 9.17) is 0 Å². The molecule has 2 heterocycles. The fourth-order valence-corrected chi connectivity index (χ4v) is 4.79. The molecule has 0 radical (unpaired) electrons. The van der Waals surface area contributed by atoms with Crippen LogP contribution in [0.1, 0.15) is 17.5 Å². The standard InChI is InChI=1S/C17H22N4O2S/c1-12-5-4-6-13(2)17(12)20-15-9-16(19-11-18-15)21(3)14-7-8-24(22,23)10-14/h4-6,9,11,14H,7-8,10H2,1-3H3,(H,18,19,20). The Balaban J connectivity index is 1.82. The van der Waals surface area contributed by atoms with Gasteiger partial charge in [-0.05, 0) is 31.4 Å². The monoisotopic (exact) mass is 346 g/mol. The predicted molar refractivity (Wildman–Crippen MR) is 96.7 cm³/mol. The maximum absolute atomic E-state index is 11.7. The predicted octanol–water partition coefficient (Wildman–Crippen LogP) is 2.46. The summed E-state index contributed by atoms with van der Waals surface area (Å²) < 4.78 is 23.4. The molecule has 1 aromatic carbocycles. The van der Waals surface area contributed by atoms with Crippen LogP contribution in [0.5, 0.6) is 0 Å². The second kappa shape index (κ2) is 6.39. The highest BCUT2D eigenvalue weighted by atomic mass is 32.2. The molecule has 1 atom stereocenters. The van der Waals surface area contributed by atoms with E-state index < -0.39 is 9.84 Å². The summed E-state index contributed by atoms with van der Waals surface area (Å²) in [5, 5.41) is 3.35. The van der Waals surface area contributed by atoms with Gasteiger partial charge in [-0.15, -0.1) is 0 Å². The summed E-state index contributed by atoms with van der Waals surface area (Å²) in [7, 11) is -1.03. The van der Waals surface area contributed by atoms with Crippen LogP contribution in [0, 0.1) is 13.8 Å². The second-order valence-electron chi connectivity index (χ2n) is 6.32. The first kappa shape index (κ1) is 16.7. The molecule has 1 aliphatic rings. The molecule has 6 nitrogen and oxygen atoms in total. The summed E-state index contributed by atoms with van der Waals surface area (Å²) in [6.45, 7) is 4.10. The van der Waals surface area contributed by atoms with E-state index in [9.17, 15) is 8.42 Å². The Morgan fingerprint density at radius 3 is 2.54 bits per heavy atom. The van der Waals surface area contributed by atoms with Crippen molar-refractivity contribution >= 4 is 27.2 Å². The normalized spacial score (nSPS) is 19.2. The molecule has 1 unspecified atom stereocenters. The number of benzene rings is 1. The van der Waals surface area contributed by atoms with Crippen molar-refractivity contribution in [3.05, 3.63) is 41.7 Å². The number of para-hydroxylation sites is 1. The summed E-state index contributed by atoms with van der Waals surface area (Å²) in [4.78, 5) is 10.5. The lowest BCUT2D eigenvalue weighted by atomic mass is 10.1. The van der Waals surface area contributed by atoms with Crippen molar-refractivity contribution in [1.82, 2.24) is 9.97 Å². The van der Waals surface area contributed by atoms with Crippen LogP contribution in [0.3, 0.4) is 0 Å². The summed E-state index contributed by atoms with van der Waals surface area (Å²) in [5.41, 5.74) is 3.32. The average molecular weight is 346 g/mol. The molecular weight excluding hydrogens is 324 g/mol. The van der Waals surface area contributed by atoms with Gasteiger partial charge in [0.1, 0.15) is 18.0 Å². The van der Waals surface area contributed by atoms with E-state index in [1.807, 2.05) is 50.1 Å². The fourth-order valence-electron chi connectivity index (χ4n) is 3.02. The molecule has 24 heavy (non-hydrogen) atoms. The molecule has 128 valence electrons. The molecule has 0 amide bonds. The van der Waals surface area contributed by atoms with E-state index in [0.717, 1.165) is 22.6 Å². The van der Waals surface area contributed by atoms with E-state index in [1.165, 1.54) is 6.33 Å². The molecule has 1 aliphatic heterocycles. The van der Waals surface area contributed by atoms with Crippen molar-refractivity contribution in [2.75, 3.05) is 28.8 Å². The summed E-state index contributed by atoms with van der Waals surface area (Å²) >= 11 is 0. The van der Waals surface area contributed by atoms with Crippen LogP contribution < -0.4 is 10.2 Å². The molecule has 0 aliphatic carbocycles. The zero-order valence-corrected chi connectivity index (χ0v) is 15.0. The van der Waals surface area contributed by atoms with E-state index in [0.29, 0.717) is 12.2 Å². The topological polar surface area (TPSA) is 75.2 Å². The number of rotatable bonds is 4. The van der Waals surface area contributed by atoms with Crippen molar-refractivity contribution < 1.29 is 8.42 Å². The largest absolute Gasteiger partial charge is 0.355 e. The van der Waals surface area contributed by atoms with Crippen LogP contribution in [0.15, 0.2) is 30.6 Å². The van der Waals surface area contributed by atoms with Gasteiger partial charge in [0, 0.05) is 24.8 Å². The van der Waals surface area contributed by atoms with Crippen LogP contribution >= 0.6 is 0 Å². The van der Waals surface area contributed by atoms with Crippen molar-refractivity contribution in [2.45, 2.75) is 26.3 Å². The van der Waals surface area contributed by atoms with Gasteiger partial charge in [-0.2, -0.15) is 0 Å². The number of nitrogens with zero attached hydrogens (tertiary/aromatic N) is 3. The first-order valence-corrected chi connectivity index (χ1v) is 9.76. The Hall–Kier alpha value is -2.15. The van der Waals surface area contributed by atoms with Crippen LogP contribution in [-0.4, -0.2) is 43.0 Å². The van der Waals surface area contributed by atoms with Gasteiger partial charge in [-0.1, -0.05) is 18.2 Å². The lowest BCUT2D eigenvalue weighted by Gasteiger charge is -2.24. The smallest absolute Gasteiger partial charge is 0.152 e. The number of aryl methyl sites for hydroxylation is 2. The molecule has 7 heteroatoms. The lowest BCUT2D eigenvalue weighted by molar-refractivity contribution is 0.600. The van der Waals surface area contributed by atoms with Gasteiger partial charge >= 0.3 is 0 Å². The van der Waals surface area contributed by atoms with Gasteiger partial charge in [0.2, 0.25) is 0 Å². The van der Waals surface area contributed by atoms with Crippen molar-refractivity contribution in [1.29, 1.82) is 0 Å². The maximum Gasteiger partial charge on any atom is 0.152 e. The molecule has 3 rings (SSSR count). The Bertz CT molecular complexity index is 831. The van der Waals surface area contributed by atoms with E-state index in [2.05, 4.69) is 15.3 Å². The van der Waals surface area contributed by atoms with Crippen molar-refractivity contribution in [2.24, 2.45) is 0 Å². The van der Waals surface area contributed by atoms with Gasteiger partial charge in [0.05, 0.1) is 11.5 Å². The van der Waals surface area contributed by atoms with Crippen LogP contribution in [0.25, 0.3) is 0 Å². The first-order valence-electron chi connectivity index (χ1n) is 7.94. The number of hydrogen-bond acceptors (Lipinski definition) is 6. The van der Waals surface area contributed by atoms with Crippen molar-refractivity contribution in [3.63, 3.8) is 0 Å². The number of aromatic nitrogens is 2. The molecule has 0 spiro atoms. The van der Waals surface area contributed by atoms with Crippen LogP contribution in [-0.2, 0) is 9.84 Å². The highest BCUT2D eigenvalue weighted by Crippen LogP contribution is 2.26. The third-order valence-electron chi connectivity index (χ3n) is 4.50. The van der Waals surface area contributed by atoms with E-state index >= 15 is 0 Å². The summed E-state index contributed by atoms with van der Waals surface area (Å²) in [6, 6.07) is 7.95. The zero-order valence-electron chi connectivity index (χ0n) is 14.2. The lowest BCUT2D eigenvalue weighted by Crippen LogP contribution is -2.33. The highest BCUT2D eigenvalue weighted by molar-refractivity contribution is 7.91. The average Bonchev–Trinajstić information content (AvgIpc) is 2.91. The third-order valence-corrected chi connectivity index (χ3v) is 6.25. The molecule has 0 bridgehead atoms. The SMILES string of the molecule is Cc1cccc(C)c1Nc1cc(N(C)C2CCS(=O)(=O)C2)ncn1. The fraction of sp³-hybridized carbons (Fsp3) is 0.412. The summed E-state index contributed by atoms with van der Waals surface area (Å²) in [5.74, 6) is 1.86. The minimum absolute atomic E-state index is 0.0297. The van der Waals surface area contributed by atoms with Gasteiger partial charge in [-0.3, -0.25) is 0 Å². The van der Waals surface area contributed by atoms with Crippen LogP contribution in [0.4, 0.5) is 17.3 Å². The molecule has 1 aromatic heterocycles. The van der Waals surface area contributed by atoms with E-state index in [-0.39, 0.29) is 17.5 Å². The molecule has 2 aromatic rings. The third kappa shape index (κ3) is 3.51. The quantitative estimate of drug-likeness (QED) is 0.916. The van der Waals surface area contributed by atoms with Crippen LogP contribution in [0.2, 0.25) is 0 Å². The number of sulfone groups is 1. The minimum Gasteiger partial charge on any atom is -0.355 e.